The number of carbonyl (C=O) groups excluding carboxylic acids is 2. The highest BCUT2D eigenvalue weighted by atomic mass is 16.5. The molecule has 2 amide bonds. The molecule has 0 aromatic rings. The third-order valence-corrected chi connectivity index (χ3v) is 4.96. The molecular formula is C19H22N4O4. The topological polar surface area (TPSA) is 129 Å². The summed E-state index contributed by atoms with van der Waals surface area (Å²) in [7, 11) is 0. The minimum absolute atomic E-state index is 0.157. The number of fused-ring (bicyclic) bond motifs is 2. The number of aliphatic hydroxyl groups is 1. The molecule has 2 aliphatic heterocycles. The van der Waals surface area contributed by atoms with Crippen LogP contribution in [0, 0.1) is 17.2 Å². The summed E-state index contributed by atoms with van der Waals surface area (Å²) in [4.78, 5) is 30.0. The Morgan fingerprint density at radius 2 is 2.37 bits per heavy atom. The van der Waals surface area contributed by atoms with Crippen molar-refractivity contribution in [3.05, 3.63) is 35.6 Å². The van der Waals surface area contributed by atoms with Gasteiger partial charge in [-0.15, -0.1) is 0 Å². The van der Waals surface area contributed by atoms with Crippen molar-refractivity contribution in [3.8, 4) is 6.07 Å². The van der Waals surface area contributed by atoms with Crippen LogP contribution in [-0.2, 0) is 14.3 Å². The Bertz CT molecular complexity index is 805. The second kappa shape index (κ2) is 7.86. The van der Waals surface area contributed by atoms with E-state index in [0.29, 0.717) is 18.6 Å². The monoisotopic (exact) mass is 370 g/mol. The number of hydrogen-bond donors (Lipinski definition) is 2. The number of primary amides is 1. The van der Waals surface area contributed by atoms with E-state index in [0.717, 1.165) is 11.1 Å². The van der Waals surface area contributed by atoms with E-state index in [4.69, 9.17) is 15.7 Å². The van der Waals surface area contributed by atoms with Crippen LogP contribution < -0.4 is 5.73 Å². The standard InChI is InChI=1S/C19H22N4O4/c1-11-3-5-13-16(17(11)27-8-2-7-20)22-18(25)14-9-12(4-6-15(21)24)10-23(14)19(13)26/h3-4,6,10,13-14,17-18,25H,2,5,8-9H2,1H3,(H2,21,24). The van der Waals surface area contributed by atoms with Crippen LogP contribution >= 0.6 is 0 Å². The minimum Gasteiger partial charge on any atom is -0.370 e. The van der Waals surface area contributed by atoms with Gasteiger partial charge in [0.15, 0.2) is 6.23 Å². The number of hydrogen-bond acceptors (Lipinski definition) is 6. The second-order valence-corrected chi connectivity index (χ2v) is 6.82. The Balaban J connectivity index is 1.87. The number of carbonyl (C=O) groups is 2. The molecule has 3 aliphatic rings. The van der Waals surface area contributed by atoms with Gasteiger partial charge in [-0.05, 0) is 30.9 Å². The number of nitrogens with zero attached hydrogens (tertiary/aromatic N) is 3. The Morgan fingerprint density at radius 1 is 1.59 bits per heavy atom. The van der Waals surface area contributed by atoms with Gasteiger partial charge < -0.3 is 20.5 Å². The first-order chi connectivity index (χ1) is 12.9. The van der Waals surface area contributed by atoms with Crippen molar-refractivity contribution in [3.63, 3.8) is 0 Å². The Morgan fingerprint density at radius 3 is 3.07 bits per heavy atom. The van der Waals surface area contributed by atoms with Gasteiger partial charge >= 0.3 is 0 Å². The summed E-state index contributed by atoms with van der Waals surface area (Å²) in [6, 6.07) is 1.50. The predicted molar refractivity (Wildman–Crippen MR) is 96.9 cm³/mol. The highest BCUT2D eigenvalue weighted by Crippen LogP contribution is 2.35. The predicted octanol–water partition coefficient (Wildman–Crippen LogP) is 0.551. The summed E-state index contributed by atoms with van der Waals surface area (Å²) in [6.07, 6.45) is 5.88. The largest absolute Gasteiger partial charge is 0.370 e. The highest BCUT2D eigenvalue weighted by molar-refractivity contribution is 6.09. The number of ether oxygens (including phenoxy) is 1. The fourth-order valence-corrected chi connectivity index (χ4v) is 3.63. The maximum Gasteiger partial charge on any atom is 0.241 e. The number of rotatable bonds is 5. The molecule has 142 valence electrons. The molecule has 27 heavy (non-hydrogen) atoms. The molecule has 3 N–H and O–H groups in total. The average Bonchev–Trinajstić information content (AvgIpc) is 3.03. The van der Waals surface area contributed by atoms with Crippen LogP contribution in [0.15, 0.2) is 40.6 Å². The molecule has 3 rings (SSSR count). The fraction of sp³-hybridized carbons (Fsp3) is 0.474. The Kier molecular flexibility index (Phi) is 5.54. The molecule has 0 radical (unpaired) electrons. The zero-order valence-electron chi connectivity index (χ0n) is 15.0. The lowest BCUT2D eigenvalue weighted by atomic mass is 9.85. The summed E-state index contributed by atoms with van der Waals surface area (Å²) >= 11 is 0. The lowest BCUT2D eigenvalue weighted by molar-refractivity contribution is -0.133. The maximum atomic E-state index is 13.1. The number of nitrogens with two attached hydrogens (primary N) is 1. The Hall–Kier alpha value is -2.76. The van der Waals surface area contributed by atoms with Crippen molar-refractivity contribution in [2.75, 3.05) is 6.61 Å². The van der Waals surface area contributed by atoms with E-state index in [1.807, 2.05) is 19.1 Å². The number of aliphatic hydroxyl groups excluding tert-OH is 1. The summed E-state index contributed by atoms with van der Waals surface area (Å²) in [5.74, 6) is -1.25. The van der Waals surface area contributed by atoms with E-state index < -0.39 is 30.2 Å². The zero-order chi connectivity index (χ0) is 19.6. The van der Waals surface area contributed by atoms with Crippen molar-refractivity contribution in [2.45, 2.75) is 44.6 Å². The fourth-order valence-electron chi connectivity index (χ4n) is 3.63. The van der Waals surface area contributed by atoms with Crippen LogP contribution in [-0.4, -0.2) is 52.5 Å². The summed E-state index contributed by atoms with van der Waals surface area (Å²) in [5, 5.41) is 19.3. The molecule has 0 saturated carbocycles. The first kappa shape index (κ1) is 19.0. The van der Waals surface area contributed by atoms with E-state index in [1.54, 1.807) is 12.3 Å². The van der Waals surface area contributed by atoms with E-state index in [2.05, 4.69) is 4.99 Å². The van der Waals surface area contributed by atoms with Gasteiger partial charge in [-0.25, -0.2) is 0 Å². The SMILES string of the molecule is CC1=CCC2C(=O)N3C=C(C=CC(N)=O)CC3C(O)N=C2C1OCCC#N. The third-order valence-electron chi connectivity index (χ3n) is 4.96. The van der Waals surface area contributed by atoms with Gasteiger partial charge in [0.2, 0.25) is 11.8 Å². The molecule has 0 aromatic carbocycles. The van der Waals surface area contributed by atoms with Gasteiger partial charge in [-0.3, -0.25) is 14.6 Å². The molecule has 4 unspecified atom stereocenters. The van der Waals surface area contributed by atoms with E-state index in [1.165, 1.54) is 11.0 Å². The first-order valence-corrected chi connectivity index (χ1v) is 8.83. The molecule has 0 fully saturated rings. The quantitative estimate of drug-likeness (QED) is 0.415. The molecule has 4 atom stereocenters. The van der Waals surface area contributed by atoms with Crippen molar-refractivity contribution in [1.29, 1.82) is 5.26 Å². The molecule has 0 spiro atoms. The summed E-state index contributed by atoms with van der Waals surface area (Å²) in [6.45, 7) is 2.13. The molecule has 2 heterocycles. The number of aliphatic imine (C=N–C) groups is 1. The number of allylic oxidation sites excluding steroid dienone is 2. The smallest absolute Gasteiger partial charge is 0.241 e. The van der Waals surface area contributed by atoms with Crippen LogP contribution in [0.1, 0.15) is 26.2 Å². The molecule has 1 aliphatic carbocycles. The van der Waals surface area contributed by atoms with Crippen molar-refractivity contribution in [2.24, 2.45) is 16.6 Å². The van der Waals surface area contributed by atoms with E-state index in [-0.39, 0.29) is 18.9 Å². The summed E-state index contributed by atoms with van der Waals surface area (Å²) < 4.78 is 5.78. The van der Waals surface area contributed by atoms with E-state index in [9.17, 15) is 14.7 Å². The van der Waals surface area contributed by atoms with Gasteiger partial charge in [0, 0.05) is 12.3 Å². The summed E-state index contributed by atoms with van der Waals surface area (Å²) in [5.41, 5.74) is 7.29. The number of nitriles is 1. The molecule has 0 saturated heterocycles. The van der Waals surface area contributed by atoms with Crippen molar-refractivity contribution < 1.29 is 19.4 Å². The van der Waals surface area contributed by atoms with Crippen molar-refractivity contribution >= 4 is 17.5 Å². The number of amides is 2. The van der Waals surface area contributed by atoms with Gasteiger partial charge in [0.25, 0.3) is 0 Å². The van der Waals surface area contributed by atoms with Crippen molar-refractivity contribution in [1.82, 2.24) is 4.90 Å². The van der Waals surface area contributed by atoms with Crippen LogP contribution in [0.4, 0.5) is 0 Å². The van der Waals surface area contributed by atoms with Gasteiger partial charge in [0.05, 0.1) is 36.8 Å². The third kappa shape index (κ3) is 3.84. The first-order valence-electron chi connectivity index (χ1n) is 8.83. The molecule has 8 heteroatoms. The molecule has 8 nitrogen and oxygen atoms in total. The van der Waals surface area contributed by atoms with Gasteiger partial charge in [-0.1, -0.05) is 12.2 Å². The van der Waals surface area contributed by atoms with Crippen LogP contribution in [0.2, 0.25) is 0 Å². The maximum absolute atomic E-state index is 13.1. The van der Waals surface area contributed by atoms with Crippen LogP contribution in [0.25, 0.3) is 0 Å². The van der Waals surface area contributed by atoms with E-state index >= 15 is 0 Å². The van der Waals surface area contributed by atoms with Crippen LogP contribution in [0.3, 0.4) is 0 Å². The average molecular weight is 370 g/mol. The lowest BCUT2D eigenvalue weighted by Gasteiger charge is -2.30. The van der Waals surface area contributed by atoms with Crippen LogP contribution in [0.5, 0.6) is 0 Å². The zero-order valence-corrected chi connectivity index (χ0v) is 15.0. The highest BCUT2D eigenvalue weighted by Gasteiger charge is 2.44. The Labute approximate surface area is 157 Å². The van der Waals surface area contributed by atoms with Gasteiger partial charge in [-0.2, -0.15) is 5.26 Å². The van der Waals surface area contributed by atoms with Gasteiger partial charge in [0.1, 0.15) is 6.10 Å². The second-order valence-electron chi connectivity index (χ2n) is 6.82. The molecular weight excluding hydrogens is 348 g/mol. The molecule has 0 bridgehead atoms. The molecule has 0 aromatic heterocycles. The minimum atomic E-state index is -1.10. The normalized spacial score (nSPS) is 30.0. The lowest BCUT2D eigenvalue weighted by Crippen LogP contribution is -2.44.